The molecule has 0 aromatic rings. The smallest absolute Gasteiger partial charge is 0.0464 e. The number of rotatable bonds is 2. The lowest BCUT2D eigenvalue weighted by Gasteiger charge is -2.17. The van der Waals surface area contributed by atoms with Gasteiger partial charge in [0.1, 0.15) is 0 Å². The van der Waals surface area contributed by atoms with E-state index in [9.17, 15) is 0 Å². The molecule has 2 nitrogen and oxygen atoms in total. The zero-order valence-electron chi connectivity index (χ0n) is 8.43. The number of nitrogens with zero attached hydrogens (tertiary/aromatic N) is 1. The third kappa shape index (κ3) is 3.74. The quantitative estimate of drug-likeness (QED) is 0.497. The van der Waals surface area contributed by atoms with E-state index >= 15 is 0 Å². The van der Waals surface area contributed by atoms with Gasteiger partial charge in [-0.1, -0.05) is 12.8 Å². The summed E-state index contributed by atoms with van der Waals surface area (Å²) in [5, 5.41) is 4.25. The number of hydrogen-bond acceptors (Lipinski definition) is 2. The van der Waals surface area contributed by atoms with E-state index in [2.05, 4.69) is 37.5 Å². The van der Waals surface area contributed by atoms with Crippen molar-refractivity contribution in [2.45, 2.75) is 52.0 Å². The molecular weight excluding hydrogens is 148 g/mol. The maximum absolute atomic E-state index is 4.25. The molecule has 0 bridgehead atoms. The van der Waals surface area contributed by atoms with Crippen molar-refractivity contribution in [1.29, 1.82) is 0 Å². The van der Waals surface area contributed by atoms with E-state index in [1.807, 2.05) is 0 Å². The van der Waals surface area contributed by atoms with Crippen molar-refractivity contribution in [3.63, 3.8) is 0 Å². The first-order chi connectivity index (χ1) is 5.58. The standard InChI is InChI=1S/C10H20N2/c1-10(2,3)12-11-8-9-6-4-5-7-9/h8-9,12H,4-7H2,1-3H3/b11-8+. The summed E-state index contributed by atoms with van der Waals surface area (Å²) in [5.41, 5.74) is 3.22. The van der Waals surface area contributed by atoms with Crippen molar-refractivity contribution in [2.75, 3.05) is 0 Å². The van der Waals surface area contributed by atoms with E-state index < -0.39 is 0 Å². The van der Waals surface area contributed by atoms with E-state index in [0.717, 1.165) is 5.92 Å². The van der Waals surface area contributed by atoms with Crippen molar-refractivity contribution < 1.29 is 0 Å². The molecule has 1 rings (SSSR count). The van der Waals surface area contributed by atoms with Crippen molar-refractivity contribution >= 4 is 6.21 Å². The van der Waals surface area contributed by atoms with Crippen LogP contribution in [0.15, 0.2) is 5.10 Å². The van der Waals surface area contributed by atoms with Crippen LogP contribution in [0.2, 0.25) is 0 Å². The van der Waals surface area contributed by atoms with Crippen molar-refractivity contribution in [3.05, 3.63) is 0 Å². The molecule has 1 aliphatic rings. The molecule has 2 heteroatoms. The van der Waals surface area contributed by atoms with Gasteiger partial charge in [-0.25, -0.2) is 0 Å². The molecule has 0 saturated heterocycles. The van der Waals surface area contributed by atoms with Gasteiger partial charge in [0.15, 0.2) is 0 Å². The monoisotopic (exact) mass is 168 g/mol. The molecule has 1 saturated carbocycles. The molecule has 0 spiro atoms. The molecule has 0 amide bonds. The molecule has 1 aliphatic carbocycles. The highest BCUT2D eigenvalue weighted by Gasteiger charge is 2.12. The predicted molar refractivity (Wildman–Crippen MR) is 53.3 cm³/mol. The van der Waals surface area contributed by atoms with Gasteiger partial charge in [-0.05, 0) is 39.5 Å². The second-order valence-electron chi connectivity index (χ2n) is 4.68. The van der Waals surface area contributed by atoms with Gasteiger partial charge in [0.25, 0.3) is 0 Å². The molecule has 0 atom stereocenters. The molecule has 1 N–H and O–H groups in total. The van der Waals surface area contributed by atoms with Crippen molar-refractivity contribution in [1.82, 2.24) is 5.43 Å². The molecule has 0 aliphatic heterocycles. The minimum absolute atomic E-state index is 0.106. The second kappa shape index (κ2) is 3.92. The molecule has 70 valence electrons. The summed E-state index contributed by atoms with van der Waals surface area (Å²) in [6.45, 7) is 6.37. The van der Waals surface area contributed by atoms with Crippen LogP contribution in [0.4, 0.5) is 0 Å². The van der Waals surface area contributed by atoms with Crippen LogP contribution < -0.4 is 5.43 Å². The van der Waals surface area contributed by atoms with E-state index in [1.54, 1.807) is 0 Å². The van der Waals surface area contributed by atoms with Crippen LogP contribution in [0.25, 0.3) is 0 Å². The van der Waals surface area contributed by atoms with E-state index in [-0.39, 0.29) is 5.54 Å². The second-order valence-corrected chi connectivity index (χ2v) is 4.68. The molecule has 0 aromatic heterocycles. The number of nitrogens with one attached hydrogen (secondary N) is 1. The zero-order chi connectivity index (χ0) is 9.03. The highest BCUT2D eigenvalue weighted by atomic mass is 15.3. The molecule has 1 fully saturated rings. The highest BCUT2D eigenvalue weighted by molar-refractivity contribution is 5.60. The Morgan fingerprint density at radius 1 is 1.25 bits per heavy atom. The van der Waals surface area contributed by atoms with E-state index in [4.69, 9.17) is 0 Å². The van der Waals surface area contributed by atoms with Gasteiger partial charge in [-0.3, -0.25) is 0 Å². The Balaban J connectivity index is 2.21. The lowest BCUT2D eigenvalue weighted by Crippen LogP contribution is -2.31. The molecule has 0 heterocycles. The van der Waals surface area contributed by atoms with Crippen LogP contribution in [0.1, 0.15) is 46.5 Å². The molecule has 0 unspecified atom stereocenters. The highest BCUT2D eigenvalue weighted by Crippen LogP contribution is 2.22. The summed E-state index contributed by atoms with van der Waals surface area (Å²) >= 11 is 0. The van der Waals surface area contributed by atoms with Crippen molar-refractivity contribution in [3.8, 4) is 0 Å². The van der Waals surface area contributed by atoms with Gasteiger partial charge in [0, 0.05) is 11.8 Å². The fraction of sp³-hybridized carbons (Fsp3) is 0.900. The predicted octanol–water partition coefficient (Wildman–Crippen LogP) is 2.55. The third-order valence-electron chi connectivity index (χ3n) is 2.09. The SMILES string of the molecule is CC(C)(C)N/N=C/C1CCCC1. The Bertz CT molecular complexity index is 150. The van der Waals surface area contributed by atoms with E-state index in [1.165, 1.54) is 25.7 Å². The first kappa shape index (κ1) is 9.56. The Morgan fingerprint density at radius 2 is 1.83 bits per heavy atom. The summed E-state index contributed by atoms with van der Waals surface area (Å²) < 4.78 is 0. The summed E-state index contributed by atoms with van der Waals surface area (Å²) in [4.78, 5) is 0. The molecule has 0 aromatic carbocycles. The van der Waals surface area contributed by atoms with Crippen LogP contribution in [-0.2, 0) is 0 Å². The first-order valence-electron chi connectivity index (χ1n) is 4.88. The maximum Gasteiger partial charge on any atom is 0.0464 e. The topological polar surface area (TPSA) is 24.4 Å². The van der Waals surface area contributed by atoms with Gasteiger partial charge in [-0.15, -0.1) is 0 Å². The Kier molecular flexibility index (Phi) is 3.12. The van der Waals surface area contributed by atoms with E-state index in [0.29, 0.717) is 0 Å². The molecule has 12 heavy (non-hydrogen) atoms. The summed E-state index contributed by atoms with van der Waals surface area (Å²) in [5.74, 6) is 0.736. The first-order valence-corrected chi connectivity index (χ1v) is 4.88. The average molecular weight is 168 g/mol. The maximum atomic E-state index is 4.25. The molecular formula is C10H20N2. The normalized spacial score (nSPS) is 20.6. The van der Waals surface area contributed by atoms with Crippen LogP contribution in [0, 0.1) is 5.92 Å². The van der Waals surface area contributed by atoms with Gasteiger partial charge in [-0.2, -0.15) is 5.10 Å². The Morgan fingerprint density at radius 3 is 2.33 bits per heavy atom. The lowest BCUT2D eigenvalue weighted by molar-refractivity contribution is 0.440. The van der Waals surface area contributed by atoms with Crippen LogP contribution in [0.5, 0.6) is 0 Å². The average Bonchev–Trinajstić information content (AvgIpc) is 2.36. The summed E-state index contributed by atoms with van der Waals surface area (Å²) in [7, 11) is 0. The van der Waals surface area contributed by atoms with Gasteiger partial charge in [0.2, 0.25) is 0 Å². The summed E-state index contributed by atoms with van der Waals surface area (Å²) in [6.07, 6.45) is 7.50. The minimum Gasteiger partial charge on any atom is -0.305 e. The Labute approximate surface area is 75.4 Å². The van der Waals surface area contributed by atoms with Gasteiger partial charge < -0.3 is 5.43 Å². The van der Waals surface area contributed by atoms with Crippen molar-refractivity contribution in [2.24, 2.45) is 11.0 Å². The third-order valence-corrected chi connectivity index (χ3v) is 2.09. The van der Waals surface area contributed by atoms with Gasteiger partial charge >= 0.3 is 0 Å². The minimum atomic E-state index is 0.106. The Hall–Kier alpha value is -0.530. The zero-order valence-corrected chi connectivity index (χ0v) is 8.43. The number of hydrogen-bond donors (Lipinski definition) is 1. The largest absolute Gasteiger partial charge is 0.305 e. The number of hydrazone groups is 1. The van der Waals surface area contributed by atoms with Gasteiger partial charge in [0.05, 0.1) is 0 Å². The summed E-state index contributed by atoms with van der Waals surface area (Å²) in [6, 6.07) is 0. The lowest BCUT2D eigenvalue weighted by atomic mass is 10.1. The van der Waals surface area contributed by atoms with Crippen LogP contribution in [0.3, 0.4) is 0 Å². The van der Waals surface area contributed by atoms with Crippen LogP contribution in [-0.4, -0.2) is 11.8 Å². The fourth-order valence-corrected chi connectivity index (χ4v) is 1.44. The fourth-order valence-electron chi connectivity index (χ4n) is 1.44. The molecule has 0 radical (unpaired) electrons. The van der Waals surface area contributed by atoms with Crippen LogP contribution >= 0.6 is 0 Å².